The van der Waals surface area contributed by atoms with Crippen LogP contribution in [-0.2, 0) is 6.42 Å². The zero-order chi connectivity index (χ0) is 15.5. The van der Waals surface area contributed by atoms with E-state index in [4.69, 9.17) is 9.47 Å². The van der Waals surface area contributed by atoms with Gasteiger partial charge in [0.2, 0.25) is 0 Å². The predicted molar refractivity (Wildman–Crippen MR) is 88.0 cm³/mol. The van der Waals surface area contributed by atoms with Crippen LogP contribution in [0.2, 0.25) is 0 Å². The summed E-state index contributed by atoms with van der Waals surface area (Å²) in [6.07, 6.45) is 0.601. The molecule has 3 heteroatoms. The fraction of sp³-hybridized carbons (Fsp3) is 0.158. The Hall–Kier alpha value is -2.68. The molecule has 3 nitrogen and oxygen atoms in total. The minimum Gasteiger partial charge on any atom is -0.507 e. The Bertz CT molecular complexity index is 809. The zero-order valence-electron chi connectivity index (χ0n) is 12.7. The molecule has 3 rings (SSSR count). The number of hydrogen-bond acceptors (Lipinski definition) is 3. The van der Waals surface area contributed by atoms with Gasteiger partial charge in [-0.1, -0.05) is 42.5 Å². The van der Waals surface area contributed by atoms with E-state index in [9.17, 15) is 5.11 Å². The summed E-state index contributed by atoms with van der Waals surface area (Å²) in [4.78, 5) is 0. The second-order valence-corrected chi connectivity index (χ2v) is 5.15. The maximum absolute atomic E-state index is 10.5. The molecule has 0 saturated heterocycles. The van der Waals surface area contributed by atoms with E-state index >= 15 is 0 Å². The lowest BCUT2D eigenvalue weighted by Crippen LogP contribution is -1.96. The van der Waals surface area contributed by atoms with Crippen LogP contribution in [0.25, 0.3) is 10.8 Å². The highest BCUT2D eigenvalue weighted by Gasteiger charge is 2.11. The molecule has 3 aromatic rings. The number of benzene rings is 3. The summed E-state index contributed by atoms with van der Waals surface area (Å²) in [7, 11) is 3.27. The number of methoxy groups -OCH3 is 2. The van der Waals surface area contributed by atoms with Gasteiger partial charge in [0.05, 0.1) is 14.2 Å². The van der Waals surface area contributed by atoms with Crippen molar-refractivity contribution in [1.82, 2.24) is 0 Å². The average Bonchev–Trinajstić information content (AvgIpc) is 2.58. The second-order valence-electron chi connectivity index (χ2n) is 5.15. The van der Waals surface area contributed by atoms with Crippen LogP contribution < -0.4 is 9.47 Å². The van der Waals surface area contributed by atoms with E-state index in [1.165, 1.54) is 0 Å². The van der Waals surface area contributed by atoms with Crippen molar-refractivity contribution in [1.29, 1.82) is 0 Å². The first-order valence-electron chi connectivity index (χ1n) is 7.13. The third-order valence-corrected chi connectivity index (χ3v) is 3.86. The van der Waals surface area contributed by atoms with Gasteiger partial charge in [-0.25, -0.2) is 0 Å². The Labute approximate surface area is 129 Å². The SMILES string of the molecule is COc1ccc(Cc2ccc3ccccc3c2O)c(OC)c1. The van der Waals surface area contributed by atoms with Crippen molar-refractivity contribution in [2.24, 2.45) is 0 Å². The van der Waals surface area contributed by atoms with E-state index in [0.717, 1.165) is 33.4 Å². The van der Waals surface area contributed by atoms with Crippen LogP contribution in [0.4, 0.5) is 0 Å². The van der Waals surface area contributed by atoms with Crippen LogP contribution in [-0.4, -0.2) is 19.3 Å². The normalized spacial score (nSPS) is 10.6. The highest BCUT2D eigenvalue weighted by atomic mass is 16.5. The van der Waals surface area contributed by atoms with Crippen LogP contribution in [0.15, 0.2) is 54.6 Å². The van der Waals surface area contributed by atoms with Crippen molar-refractivity contribution >= 4 is 10.8 Å². The largest absolute Gasteiger partial charge is 0.507 e. The van der Waals surface area contributed by atoms with Crippen LogP contribution in [0.1, 0.15) is 11.1 Å². The van der Waals surface area contributed by atoms with Gasteiger partial charge >= 0.3 is 0 Å². The maximum Gasteiger partial charge on any atom is 0.126 e. The lowest BCUT2D eigenvalue weighted by molar-refractivity contribution is 0.391. The topological polar surface area (TPSA) is 38.7 Å². The van der Waals surface area contributed by atoms with Crippen LogP contribution in [0.5, 0.6) is 17.2 Å². The van der Waals surface area contributed by atoms with Crippen molar-refractivity contribution in [3.8, 4) is 17.2 Å². The van der Waals surface area contributed by atoms with Gasteiger partial charge in [-0.05, 0) is 22.6 Å². The smallest absolute Gasteiger partial charge is 0.126 e. The number of ether oxygens (including phenoxy) is 2. The fourth-order valence-corrected chi connectivity index (χ4v) is 2.65. The zero-order valence-corrected chi connectivity index (χ0v) is 12.7. The van der Waals surface area contributed by atoms with Gasteiger partial charge in [0.15, 0.2) is 0 Å². The molecule has 1 N–H and O–H groups in total. The molecule has 0 amide bonds. The first-order valence-corrected chi connectivity index (χ1v) is 7.13. The number of hydrogen-bond donors (Lipinski definition) is 1. The molecule has 22 heavy (non-hydrogen) atoms. The summed E-state index contributed by atoms with van der Waals surface area (Å²) in [6.45, 7) is 0. The van der Waals surface area contributed by atoms with E-state index < -0.39 is 0 Å². The molecule has 0 aromatic heterocycles. The number of fused-ring (bicyclic) bond motifs is 1. The Balaban J connectivity index is 2.01. The average molecular weight is 294 g/mol. The summed E-state index contributed by atoms with van der Waals surface area (Å²) in [6, 6.07) is 17.5. The Morgan fingerprint density at radius 2 is 1.64 bits per heavy atom. The lowest BCUT2D eigenvalue weighted by atomic mass is 9.99. The molecule has 0 unspecified atom stereocenters. The molecule has 0 fully saturated rings. The van der Waals surface area contributed by atoms with Gasteiger partial charge in [0.1, 0.15) is 17.2 Å². The van der Waals surface area contributed by atoms with Crippen LogP contribution in [0.3, 0.4) is 0 Å². The van der Waals surface area contributed by atoms with Crippen molar-refractivity contribution in [2.75, 3.05) is 14.2 Å². The third kappa shape index (κ3) is 2.58. The van der Waals surface area contributed by atoms with Gasteiger partial charge in [-0.2, -0.15) is 0 Å². The summed E-state index contributed by atoms with van der Waals surface area (Å²) in [5, 5.41) is 12.4. The van der Waals surface area contributed by atoms with E-state index in [1.54, 1.807) is 14.2 Å². The molecule has 0 aliphatic carbocycles. The van der Waals surface area contributed by atoms with Crippen molar-refractivity contribution in [2.45, 2.75) is 6.42 Å². The molecule has 0 radical (unpaired) electrons. The standard InChI is InChI=1S/C19H18O3/c1-21-16-10-9-14(18(12-16)22-2)11-15-8-7-13-5-3-4-6-17(13)19(15)20/h3-10,12,20H,11H2,1-2H3. The molecular formula is C19H18O3. The molecule has 112 valence electrons. The highest BCUT2D eigenvalue weighted by molar-refractivity contribution is 5.89. The van der Waals surface area contributed by atoms with E-state index in [1.807, 2.05) is 54.6 Å². The Morgan fingerprint density at radius 1 is 0.864 bits per heavy atom. The lowest BCUT2D eigenvalue weighted by Gasteiger charge is -2.12. The van der Waals surface area contributed by atoms with E-state index in [2.05, 4.69) is 0 Å². The van der Waals surface area contributed by atoms with Gasteiger partial charge < -0.3 is 14.6 Å². The maximum atomic E-state index is 10.5. The molecule has 0 heterocycles. The molecule has 0 spiro atoms. The first-order chi connectivity index (χ1) is 10.7. The Morgan fingerprint density at radius 3 is 2.41 bits per heavy atom. The van der Waals surface area contributed by atoms with E-state index in [0.29, 0.717) is 12.2 Å². The van der Waals surface area contributed by atoms with Crippen LogP contribution >= 0.6 is 0 Å². The molecule has 0 bridgehead atoms. The van der Waals surface area contributed by atoms with Gasteiger partial charge in [-0.15, -0.1) is 0 Å². The number of rotatable bonds is 4. The number of aromatic hydroxyl groups is 1. The number of phenolic OH excluding ortho intramolecular Hbond substituents is 1. The number of phenols is 1. The molecular weight excluding hydrogens is 276 g/mol. The molecule has 0 atom stereocenters. The predicted octanol–water partition coefficient (Wildman–Crippen LogP) is 4.15. The minimum atomic E-state index is 0.330. The van der Waals surface area contributed by atoms with Gasteiger partial charge in [0.25, 0.3) is 0 Å². The first kappa shape index (κ1) is 14.3. The molecule has 0 aliphatic rings. The van der Waals surface area contributed by atoms with Crippen molar-refractivity contribution < 1.29 is 14.6 Å². The Kier molecular flexibility index (Phi) is 3.88. The van der Waals surface area contributed by atoms with Gasteiger partial charge in [-0.3, -0.25) is 0 Å². The minimum absolute atomic E-state index is 0.330. The summed E-state index contributed by atoms with van der Waals surface area (Å²) >= 11 is 0. The highest BCUT2D eigenvalue weighted by Crippen LogP contribution is 2.33. The second kappa shape index (κ2) is 5.98. The monoisotopic (exact) mass is 294 g/mol. The molecule has 0 aliphatic heterocycles. The molecule has 0 saturated carbocycles. The van der Waals surface area contributed by atoms with E-state index in [-0.39, 0.29) is 0 Å². The fourth-order valence-electron chi connectivity index (χ4n) is 2.65. The summed E-state index contributed by atoms with van der Waals surface area (Å²) in [5.41, 5.74) is 1.89. The van der Waals surface area contributed by atoms with Gasteiger partial charge in [0, 0.05) is 17.9 Å². The van der Waals surface area contributed by atoms with Crippen LogP contribution in [0, 0.1) is 0 Å². The summed E-state index contributed by atoms with van der Waals surface area (Å²) in [5.74, 6) is 1.84. The summed E-state index contributed by atoms with van der Waals surface area (Å²) < 4.78 is 10.6. The third-order valence-electron chi connectivity index (χ3n) is 3.86. The van der Waals surface area contributed by atoms with Crippen molar-refractivity contribution in [3.63, 3.8) is 0 Å². The molecule has 3 aromatic carbocycles. The van der Waals surface area contributed by atoms with Crippen molar-refractivity contribution in [3.05, 3.63) is 65.7 Å². The quantitative estimate of drug-likeness (QED) is 0.785.